The Bertz CT molecular complexity index is 465. The zero-order chi connectivity index (χ0) is 15.1. The lowest BCUT2D eigenvalue weighted by molar-refractivity contribution is 0.205. The van der Waals surface area contributed by atoms with E-state index in [0.717, 1.165) is 48.6 Å². The van der Waals surface area contributed by atoms with E-state index in [0.29, 0.717) is 11.6 Å². The Morgan fingerprint density at radius 1 is 1.25 bits per heavy atom. The van der Waals surface area contributed by atoms with E-state index in [1.807, 2.05) is 0 Å². The molecule has 0 bridgehead atoms. The van der Waals surface area contributed by atoms with Crippen molar-refractivity contribution in [1.82, 2.24) is 10.2 Å². The third-order valence-corrected chi connectivity index (χ3v) is 3.52. The summed E-state index contributed by atoms with van der Waals surface area (Å²) in [6.07, 6.45) is 1.68. The smallest absolute Gasteiger partial charge is 0.161 e. The highest BCUT2D eigenvalue weighted by atomic mass is 32.1. The minimum Gasteiger partial charge on any atom is -0.389 e. The van der Waals surface area contributed by atoms with E-state index >= 15 is 0 Å². The average Bonchev–Trinajstić information content (AvgIpc) is 2.46. The largest absolute Gasteiger partial charge is 0.389 e. The number of hydrogen-bond donors (Lipinski definition) is 1. The Kier molecular flexibility index (Phi) is 6.81. The van der Waals surface area contributed by atoms with Crippen LogP contribution >= 0.6 is 12.2 Å². The lowest BCUT2D eigenvalue weighted by Gasteiger charge is -2.25. The second-order valence-electron chi connectivity index (χ2n) is 4.47. The molecule has 0 atom stereocenters. The van der Waals surface area contributed by atoms with Crippen molar-refractivity contribution in [2.24, 2.45) is 5.73 Å². The molecule has 0 amide bonds. The Morgan fingerprint density at radius 3 is 2.40 bits per heavy atom. The zero-order valence-corrected chi connectivity index (χ0v) is 13.6. The number of rotatable bonds is 8. The number of methoxy groups -OCH3 is 1. The molecule has 5 nitrogen and oxygen atoms in total. The van der Waals surface area contributed by atoms with Crippen LogP contribution in [0.3, 0.4) is 0 Å². The summed E-state index contributed by atoms with van der Waals surface area (Å²) in [6, 6.07) is 0. The topological polar surface area (TPSA) is 64.3 Å². The van der Waals surface area contributed by atoms with Gasteiger partial charge >= 0.3 is 0 Å². The van der Waals surface area contributed by atoms with Crippen molar-refractivity contribution in [2.45, 2.75) is 33.6 Å². The predicted molar refractivity (Wildman–Crippen MR) is 86.4 cm³/mol. The van der Waals surface area contributed by atoms with Gasteiger partial charge in [-0.2, -0.15) is 5.10 Å². The van der Waals surface area contributed by atoms with Gasteiger partial charge in [0.2, 0.25) is 0 Å². The first kappa shape index (κ1) is 16.8. The monoisotopic (exact) mass is 296 g/mol. The molecule has 1 heterocycles. The van der Waals surface area contributed by atoms with Crippen LogP contribution in [0.5, 0.6) is 0 Å². The Balaban J connectivity index is 3.34. The van der Waals surface area contributed by atoms with Crippen LogP contribution in [-0.4, -0.2) is 42.0 Å². The summed E-state index contributed by atoms with van der Waals surface area (Å²) in [6.45, 7) is 8.40. The number of aromatic nitrogens is 2. The molecule has 0 radical (unpaired) electrons. The molecule has 0 aliphatic carbocycles. The van der Waals surface area contributed by atoms with E-state index in [9.17, 15) is 0 Å². The number of likely N-dealkylation sites (N-methyl/N-ethyl adjacent to an activating group) is 1. The molecule has 2 N–H and O–H groups in total. The first-order valence-electron chi connectivity index (χ1n) is 7.02. The standard InChI is InChI=1S/C14H24N4OS/c1-5-10-11(6-2)16-17-14(12(10)13(15)20)18(7-3)8-9-19-4/h5-9H2,1-4H3,(H2,15,20). The fourth-order valence-electron chi connectivity index (χ4n) is 2.26. The third kappa shape index (κ3) is 3.64. The molecule has 0 aliphatic rings. The number of nitrogens with zero attached hydrogens (tertiary/aromatic N) is 3. The number of thiocarbonyl (C=S) groups is 1. The summed E-state index contributed by atoms with van der Waals surface area (Å²) in [5.41, 5.74) is 8.90. The Labute approximate surface area is 126 Å². The molecule has 0 fully saturated rings. The van der Waals surface area contributed by atoms with E-state index in [4.69, 9.17) is 22.7 Å². The number of anilines is 1. The number of nitrogens with two attached hydrogens (primary N) is 1. The van der Waals surface area contributed by atoms with Crippen LogP contribution < -0.4 is 10.6 Å². The molecular weight excluding hydrogens is 272 g/mol. The number of ether oxygens (including phenoxy) is 1. The van der Waals surface area contributed by atoms with Crippen molar-refractivity contribution in [3.63, 3.8) is 0 Å². The Morgan fingerprint density at radius 2 is 1.95 bits per heavy atom. The summed E-state index contributed by atoms with van der Waals surface area (Å²) in [7, 11) is 1.69. The lowest BCUT2D eigenvalue weighted by atomic mass is 10.0. The maximum atomic E-state index is 5.94. The second-order valence-corrected chi connectivity index (χ2v) is 4.91. The van der Waals surface area contributed by atoms with Crippen molar-refractivity contribution >= 4 is 23.0 Å². The lowest BCUT2D eigenvalue weighted by Crippen LogP contribution is -2.31. The van der Waals surface area contributed by atoms with Gasteiger partial charge in [-0.3, -0.25) is 0 Å². The Hall–Kier alpha value is -1.27. The van der Waals surface area contributed by atoms with Gasteiger partial charge in [-0.25, -0.2) is 0 Å². The van der Waals surface area contributed by atoms with Crippen molar-refractivity contribution in [2.75, 3.05) is 31.7 Å². The summed E-state index contributed by atoms with van der Waals surface area (Å²) in [4.78, 5) is 2.49. The first-order valence-corrected chi connectivity index (χ1v) is 7.43. The van der Waals surface area contributed by atoms with Gasteiger partial charge in [0.15, 0.2) is 5.82 Å². The van der Waals surface area contributed by atoms with Gasteiger partial charge in [-0.15, -0.1) is 5.10 Å². The molecule has 1 aromatic rings. The summed E-state index contributed by atoms with van der Waals surface area (Å²) < 4.78 is 5.14. The van der Waals surface area contributed by atoms with Crippen LogP contribution in [0, 0.1) is 0 Å². The van der Waals surface area contributed by atoms with Crippen LogP contribution in [-0.2, 0) is 17.6 Å². The normalized spacial score (nSPS) is 10.6. The fraction of sp³-hybridized carbons (Fsp3) is 0.643. The molecule has 6 heteroatoms. The van der Waals surface area contributed by atoms with Gasteiger partial charge in [0.25, 0.3) is 0 Å². The molecule has 0 unspecified atom stereocenters. The minimum atomic E-state index is 0.386. The van der Waals surface area contributed by atoms with E-state index in [-0.39, 0.29) is 0 Å². The second kappa shape index (κ2) is 8.11. The van der Waals surface area contributed by atoms with Crippen LogP contribution in [0.25, 0.3) is 0 Å². The highest BCUT2D eigenvalue weighted by Gasteiger charge is 2.20. The van der Waals surface area contributed by atoms with Crippen LogP contribution in [0.4, 0.5) is 5.82 Å². The van der Waals surface area contributed by atoms with E-state index in [1.165, 1.54) is 0 Å². The van der Waals surface area contributed by atoms with Gasteiger partial charge in [0, 0.05) is 20.2 Å². The van der Waals surface area contributed by atoms with Gasteiger partial charge in [-0.05, 0) is 25.3 Å². The molecule has 112 valence electrons. The number of aryl methyl sites for hydroxylation is 1. The maximum absolute atomic E-state index is 5.94. The third-order valence-electron chi connectivity index (χ3n) is 3.32. The molecule has 0 spiro atoms. The molecule has 20 heavy (non-hydrogen) atoms. The van der Waals surface area contributed by atoms with Crippen LogP contribution in [0.2, 0.25) is 0 Å². The van der Waals surface area contributed by atoms with Crippen molar-refractivity contribution in [1.29, 1.82) is 0 Å². The van der Waals surface area contributed by atoms with Gasteiger partial charge < -0.3 is 15.4 Å². The minimum absolute atomic E-state index is 0.386. The van der Waals surface area contributed by atoms with E-state index in [2.05, 4.69) is 35.9 Å². The average molecular weight is 296 g/mol. The quantitative estimate of drug-likeness (QED) is 0.737. The summed E-state index contributed by atoms with van der Waals surface area (Å²) in [5.74, 6) is 0.770. The number of hydrogen-bond acceptors (Lipinski definition) is 5. The highest BCUT2D eigenvalue weighted by Crippen LogP contribution is 2.24. The highest BCUT2D eigenvalue weighted by molar-refractivity contribution is 7.80. The maximum Gasteiger partial charge on any atom is 0.161 e. The molecule has 1 aromatic heterocycles. The van der Waals surface area contributed by atoms with E-state index < -0.39 is 0 Å². The summed E-state index contributed by atoms with van der Waals surface area (Å²) >= 11 is 5.24. The predicted octanol–water partition coefficient (Wildman–Crippen LogP) is 1.71. The first-order chi connectivity index (χ1) is 9.60. The van der Waals surface area contributed by atoms with E-state index in [1.54, 1.807) is 7.11 Å². The van der Waals surface area contributed by atoms with Crippen molar-refractivity contribution in [3.05, 3.63) is 16.8 Å². The van der Waals surface area contributed by atoms with Crippen molar-refractivity contribution in [3.8, 4) is 0 Å². The van der Waals surface area contributed by atoms with Gasteiger partial charge in [0.1, 0.15) is 4.99 Å². The molecule has 0 saturated carbocycles. The van der Waals surface area contributed by atoms with Crippen LogP contribution in [0.1, 0.15) is 37.6 Å². The zero-order valence-electron chi connectivity index (χ0n) is 12.8. The fourth-order valence-corrected chi connectivity index (χ4v) is 2.47. The van der Waals surface area contributed by atoms with Gasteiger partial charge in [0.05, 0.1) is 17.9 Å². The molecule has 0 aliphatic heterocycles. The molecule has 1 rings (SSSR count). The van der Waals surface area contributed by atoms with Crippen molar-refractivity contribution < 1.29 is 4.74 Å². The van der Waals surface area contributed by atoms with Gasteiger partial charge in [-0.1, -0.05) is 26.1 Å². The summed E-state index contributed by atoms with van der Waals surface area (Å²) in [5, 5.41) is 8.70. The molecular formula is C14H24N4OS. The van der Waals surface area contributed by atoms with Crippen LogP contribution in [0.15, 0.2) is 0 Å². The molecule has 0 saturated heterocycles. The SMILES string of the molecule is CCc1nnc(N(CC)CCOC)c(C(N)=S)c1CC. The molecule has 0 aromatic carbocycles.